The lowest BCUT2D eigenvalue weighted by atomic mass is 9.76. The first-order valence-corrected chi connectivity index (χ1v) is 14.7. The van der Waals surface area contributed by atoms with Gasteiger partial charge in [0.05, 0.1) is 11.7 Å². The molecule has 0 radical (unpaired) electrons. The summed E-state index contributed by atoms with van der Waals surface area (Å²) in [5, 5.41) is 3.11. The van der Waals surface area contributed by atoms with E-state index >= 15 is 4.39 Å². The number of rotatable bonds is 8. The van der Waals surface area contributed by atoms with E-state index in [1.807, 2.05) is 37.6 Å². The molecule has 2 aliphatic rings. The molecule has 10 heteroatoms. The quantitative estimate of drug-likeness (QED) is 0.272. The van der Waals surface area contributed by atoms with Gasteiger partial charge in [0, 0.05) is 50.0 Å². The molecule has 6 rings (SSSR count). The maximum atomic E-state index is 15.1. The highest BCUT2D eigenvalue weighted by molar-refractivity contribution is 5.83. The molecule has 2 fully saturated rings. The second-order valence-electron chi connectivity index (χ2n) is 11.5. The Balaban J connectivity index is 1.24. The van der Waals surface area contributed by atoms with E-state index in [0.717, 1.165) is 38.9 Å². The molecular formula is C31H38F2N8. The minimum absolute atomic E-state index is 0.0188. The van der Waals surface area contributed by atoms with Crippen molar-refractivity contribution in [2.75, 3.05) is 38.0 Å². The SMILES string of the molecule is CCN1CCN([C@H](c2ccc(Nc3ncc(F)c(-c4cc(F)c5nc(C)n(C(C)C)c5c4)n3)nc2)C2CCC2)CC1. The van der Waals surface area contributed by atoms with Crippen molar-refractivity contribution in [2.45, 2.75) is 59.0 Å². The van der Waals surface area contributed by atoms with E-state index in [4.69, 9.17) is 0 Å². The predicted molar refractivity (Wildman–Crippen MR) is 157 cm³/mol. The molecule has 1 aliphatic heterocycles. The third-order valence-corrected chi connectivity index (χ3v) is 8.67. The topological polar surface area (TPSA) is 75.0 Å². The molecule has 0 unspecified atom stereocenters. The molecule has 0 bridgehead atoms. The van der Waals surface area contributed by atoms with Crippen LogP contribution in [-0.2, 0) is 0 Å². The van der Waals surface area contributed by atoms with E-state index in [1.165, 1.54) is 30.9 Å². The summed E-state index contributed by atoms with van der Waals surface area (Å²) in [5.74, 6) is 0.999. The van der Waals surface area contributed by atoms with Crippen LogP contribution in [0.4, 0.5) is 20.5 Å². The van der Waals surface area contributed by atoms with Gasteiger partial charge >= 0.3 is 0 Å². The third kappa shape index (κ3) is 5.42. The number of imidazole rings is 1. The van der Waals surface area contributed by atoms with E-state index in [2.05, 4.69) is 48.0 Å². The number of aryl methyl sites for hydroxylation is 1. The summed E-state index contributed by atoms with van der Waals surface area (Å²) in [5.41, 5.74) is 2.45. The molecule has 4 aromatic rings. The highest BCUT2D eigenvalue weighted by Crippen LogP contribution is 2.42. The molecule has 8 nitrogen and oxygen atoms in total. The molecular weight excluding hydrogens is 522 g/mol. The Kier molecular flexibility index (Phi) is 7.70. The van der Waals surface area contributed by atoms with E-state index in [1.54, 1.807) is 6.07 Å². The number of aromatic nitrogens is 5. The zero-order chi connectivity index (χ0) is 28.7. The van der Waals surface area contributed by atoms with Gasteiger partial charge in [0.1, 0.15) is 22.9 Å². The normalized spacial score (nSPS) is 17.7. The zero-order valence-electron chi connectivity index (χ0n) is 24.2. The van der Waals surface area contributed by atoms with Crippen LogP contribution >= 0.6 is 0 Å². The molecule has 1 atom stereocenters. The third-order valence-electron chi connectivity index (χ3n) is 8.67. The first-order valence-electron chi connectivity index (χ1n) is 14.7. The average Bonchev–Trinajstić information content (AvgIpc) is 3.29. The van der Waals surface area contributed by atoms with Gasteiger partial charge < -0.3 is 14.8 Å². The van der Waals surface area contributed by atoms with Gasteiger partial charge in [-0.3, -0.25) is 4.90 Å². The van der Waals surface area contributed by atoms with Gasteiger partial charge in [-0.15, -0.1) is 0 Å². The second kappa shape index (κ2) is 11.4. The molecule has 4 heterocycles. The summed E-state index contributed by atoms with van der Waals surface area (Å²) in [6, 6.07) is 7.54. The Morgan fingerprint density at radius 3 is 2.39 bits per heavy atom. The lowest BCUT2D eigenvalue weighted by Gasteiger charge is -2.45. The predicted octanol–water partition coefficient (Wildman–Crippen LogP) is 6.28. The highest BCUT2D eigenvalue weighted by atomic mass is 19.1. The van der Waals surface area contributed by atoms with Crippen molar-refractivity contribution in [3.05, 3.63) is 59.7 Å². The van der Waals surface area contributed by atoms with Crippen LogP contribution in [0, 0.1) is 24.5 Å². The number of hydrogen-bond acceptors (Lipinski definition) is 7. The Morgan fingerprint density at radius 2 is 1.76 bits per heavy atom. The first kappa shape index (κ1) is 27.7. The lowest BCUT2D eigenvalue weighted by molar-refractivity contribution is 0.0467. The summed E-state index contributed by atoms with van der Waals surface area (Å²) in [7, 11) is 0. The number of piperazine rings is 1. The zero-order valence-corrected chi connectivity index (χ0v) is 24.2. The van der Waals surface area contributed by atoms with Crippen LogP contribution in [0.5, 0.6) is 0 Å². The summed E-state index contributed by atoms with van der Waals surface area (Å²) in [4.78, 5) is 22.7. The molecule has 0 spiro atoms. The van der Waals surface area contributed by atoms with E-state index in [9.17, 15) is 4.39 Å². The Labute approximate surface area is 239 Å². The number of anilines is 2. The molecule has 216 valence electrons. The van der Waals surface area contributed by atoms with Crippen LogP contribution < -0.4 is 5.32 Å². The maximum Gasteiger partial charge on any atom is 0.229 e. The van der Waals surface area contributed by atoms with Crippen molar-refractivity contribution in [1.29, 1.82) is 0 Å². The number of hydrogen-bond donors (Lipinski definition) is 1. The van der Waals surface area contributed by atoms with Crippen LogP contribution in [0.25, 0.3) is 22.3 Å². The summed E-state index contributed by atoms with van der Waals surface area (Å²) in [6.45, 7) is 13.5. The van der Waals surface area contributed by atoms with Gasteiger partial charge in [0.25, 0.3) is 0 Å². The fourth-order valence-electron chi connectivity index (χ4n) is 6.35. The fraction of sp³-hybridized carbons (Fsp3) is 0.484. The molecule has 1 aliphatic carbocycles. The van der Waals surface area contributed by atoms with Crippen LogP contribution in [0.15, 0.2) is 36.7 Å². The van der Waals surface area contributed by atoms with Crippen LogP contribution in [0.3, 0.4) is 0 Å². The van der Waals surface area contributed by atoms with Gasteiger partial charge in [-0.2, -0.15) is 0 Å². The number of fused-ring (bicyclic) bond motifs is 1. The minimum atomic E-state index is -0.628. The van der Waals surface area contributed by atoms with Crippen molar-refractivity contribution >= 4 is 22.8 Å². The largest absolute Gasteiger partial charge is 0.326 e. The van der Waals surface area contributed by atoms with Gasteiger partial charge in [0.2, 0.25) is 5.95 Å². The number of benzene rings is 1. The van der Waals surface area contributed by atoms with Crippen molar-refractivity contribution in [1.82, 2.24) is 34.3 Å². The lowest BCUT2D eigenvalue weighted by Crippen LogP contribution is -2.49. The van der Waals surface area contributed by atoms with Crippen molar-refractivity contribution in [2.24, 2.45) is 5.92 Å². The van der Waals surface area contributed by atoms with Crippen molar-refractivity contribution in [3.63, 3.8) is 0 Å². The van der Waals surface area contributed by atoms with Crippen LogP contribution in [0.1, 0.15) is 63.5 Å². The number of pyridine rings is 1. The Morgan fingerprint density at radius 1 is 0.976 bits per heavy atom. The molecule has 1 saturated heterocycles. The molecule has 0 amide bonds. The minimum Gasteiger partial charge on any atom is -0.326 e. The number of nitrogens with one attached hydrogen (secondary N) is 1. The molecule has 41 heavy (non-hydrogen) atoms. The highest BCUT2D eigenvalue weighted by Gasteiger charge is 2.34. The summed E-state index contributed by atoms with van der Waals surface area (Å²) in [6.07, 6.45) is 6.86. The van der Waals surface area contributed by atoms with Crippen LogP contribution in [0.2, 0.25) is 0 Å². The fourth-order valence-corrected chi connectivity index (χ4v) is 6.35. The molecule has 1 saturated carbocycles. The molecule has 1 N–H and O–H groups in total. The van der Waals surface area contributed by atoms with Crippen LogP contribution in [-0.4, -0.2) is 67.0 Å². The van der Waals surface area contributed by atoms with E-state index < -0.39 is 11.6 Å². The molecule has 3 aromatic heterocycles. The second-order valence-corrected chi connectivity index (χ2v) is 11.5. The monoisotopic (exact) mass is 560 g/mol. The maximum absolute atomic E-state index is 15.1. The smallest absolute Gasteiger partial charge is 0.229 e. The first-order chi connectivity index (χ1) is 19.8. The van der Waals surface area contributed by atoms with Gasteiger partial charge in [-0.05, 0) is 69.8 Å². The van der Waals surface area contributed by atoms with E-state index in [0.29, 0.717) is 34.7 Å². The van der Waals surface area contributed by atoms with Gasteiger partial charge in [-0.1, -0.05) is 19.4 Å². The van der Waals surface area contributed by atoms with Gasteiger partial charge in [-0.25, -0.2) is 28.7 Å². The number of halogens is 2. The summed E-state index contributed by atoms with van der Waals surface area (Å²) >= 11 is 0. The van der Waals surface area contributed by atoms with Crippen molar-refractivity contribution < 1.29 is 8.78 Å². The number of nitrogens with zero attached hydrogens (tertiary/aromatic N) is 7. The average molecular weight is 561 g/mol. The summed E-state index contributed by atoms with van der Waals surface area (Å²) < 4.78 is 31.9. The van der Waals surface area contributed by atoms with E-state index in [-0.39, 0.29) is 23.2 Å². The molecule has 1 aromatic carbocycles. The standard InChI is InChI=1S/C31H38F2N8/c1-5-39-11-13-40(14-12-39)30(21-7-6-8-21)22-9-10-27(34-17-22)37-31-35-18-25(33)28(38-31)23-15-24(32)29-26(16-23)41(19(2)3)20(4)36-29/h9-10,15-19,21,30H,5-8,11-14H2,1-4H3,(H,34,35,37,38)/t30-/m0/s1. The number of likely N-dealkylation sites (N-methyl/N-ethyl adjacent to an activating group) is 1. The van der Waals surface area contributed by atoms with Gasteiger partial charge in [0.15, 0.2) is 11.6 Å². The Hall–Kier alpha value is -3.50. The Bertz CT molecular complexity index is 1520. The van der Waals surface area contributed by atoms with Crippen molar-refractivity contribution in [3.8, 4) is 11.3 Å².